The molecule has 3 aromatic heterocycles. The highest BCUT2D eigenvalue weighted by molar-refractivity contribution is 6.23. The summed E-state index contributed by atoms with van der Waals surface area (Å²) in [6, 6.07) is 63.2. The summed E-state index contributed by atoms with van der Waals surface area (Å²) in [7, 11) is 0. The van der Waals surface area contributed by atoms with Crippen molar-refractivity contribution in [2.24, 2.45) is 9.98 Å². The van der Waals surface area contributed by atoms with Gasteiger partial charge in [-0.05, 0) is 59.7 Å². The van der Waals surface area contributed by atoms with Crippen molar-refractivity contribution >= 4 is 77.4 Å². The quantitative estimate of drug-likeness (QED) is 0.192. The highest BCUT2D eigenvalue weighted by Crippen LogP contribution is 2.41. The lowest BCUT2D eigenvalue weighted by Crippen LogP contribution is -2.33. The molecule has 1 unspecified atom stereocenters. The summed E-state index contributed by atoms with van der Waals surface area (Å²) < 4.78 is 15.8. The van der Waals surface area contributed by atoms with E-state index in [0.717, 1.165) is 82.9 Å². The van der Waals surface area contributed by atoms with E-state index in [2.05, 4.69) is 149 Å². The van der Waals surface area contributed by atoms with Gasteiger partial charge in [0.25, 0.3) is 0 Å². The molecule has 6 nitrogen and oxygen atoms in total. The summed E-state index contributed by atoms with van der Waals surface area (Å²) in [5.74, 6) is 1.28. The molecule has 4 heterocycles. The average Bonchev–Trinajstić information content (AvgIpc) is 3.96. The Kier molecular flexibility index (Phi) is 6.89. The van der Waals surface area contributed by atoms with Gasteiger partial charge >= 0.3 is 0 Å². The van der Waals surface area contributed by atoms with E-state index in [1.165, 1.54) is 16.3 Å². The molecule has 1 N–H and O–H groups in total. The first-order valence-corrected chi connectivity index (χ1v) is 19.2. The Hall–Kier alpha value is -7.70. The van der Waals surface area contributed by atoms with E-state index in [9.17, 15) is 0 Å². The molecule has 6 heteroatoms. The number of aromatic nitrogens is 1. The first-order chi connectivity index (χ1) is 28.3. The topological polar surface area (TPSA) is 68.0 Å². The lowest BCUT2D eigenvalue weighted by Gasteiger charge is -2.23. The van der Waals surface area contributed by atoms with Gasteiger partial charge in [-0.1, -0.05) is 133 Å². The normalized spacial score (nSPS) is 14.5. The Morgan fingerprint density at radius 2 is 1.05 bits per heavy atom. The summed E-state index contributed by atoms with van der Waals surface area (Å²) in [5.41, 5.74) is 11.5. The molecule has 0 saturated carbocycles. The second kappa shape index (κ2) is 12.4. The van der Waals surface area contributed by atoms with Crippen molar-refractivity contribution in [3.05, 3.63) is 199 Å². The molecule has 11 aromatic rings. The van der Waals surface area contributed by atoms with Crippen LogP contribution in [0.4, 0.5) is 0 Å². The molecule has 268 valence electrons. The fraction of sp³-hybridized carbons (Fsp3) is 0.0196. The third-order valence-corrected chi connectivity index (χ3v) is 11.3. The SMILES string of the molecule is c1ccc(C2N=C(c3cccc4c3oc3ccccc34)N=C(c3cccc4c3oc3c(-c5ccc6c(c5)c5ccccc5n6-c5ccccc5)cccc34)N2)cc1. The largest absolute Gasteiger partial charge is 0.455 e. The number of aliphatic imine (C=N–C) groups is 2. The van der Waals surface area contributed by atoms with E-state index in [1.54, 1.807) is 0 Å². The van der Waals surface area contributed by atoms with Gasteiger partial charge in [0.1, 0.15) is 34.3 Å². The molecule has 57 heavy (non-hydrogen) atoms. The first-order valence-electron chi connectivity index (χ1n) is 19.2. The molecular weight excluding hydrogens is 701 g/mol. The van der Waals surface area contributed by atoms with Crippen LogP contribution in [0.5, 0.6) is 0 Å². The zero-order valence-corrected chi connectivity index (χ0v) is 30.6. The van der Waals surface area contributed by atoms with E-state index in [4.69, 9.17) is 18.8 Å². The number of hydrogen-bond acceptors (Lipinski definition) is 5. The van der Waals surface area contributed by atoms with Gasteiger partial charge in [-0.2, -0.15) is 0 Å². The first kappa shape index (κ1) is 31.6. The Morgan fingerprint density at radius 3 is 1.86 bits per heavy atom. The predicted molar refractivity (Wildman–Crippen MR) is 233 cm³/mol. The maximum atomic E-state index is 7.00. The van der Waals surface area contributed by atoms with E-state index in [1.807, 2.05) is 42.5 Å². The number of benzene rings is 8. The van der Waals surface area contributed by atoms with Crippen LogP contribution in [0.3, 0.4) is 0 Å². The Labute approximate surface area is 326 Å². The maximum absolute atomic E-state index is 7.00. The Bertz CT molecular complexity index is 3440. The number of furan rings is 2. The van der Waals surface area contributed by atoms with Crippen LogP contribution in [-0.2, 0) is 0 Å². The number of amidine groups is 2. The average molecular weight is 733 g/mol. The highest BCUT2D eigenvalue weighted by Gasteiger charge is 2.26. The summed E-state index contributed by atoms with van der Waals surface area (Å²) in [4.78, 5) is 10.4. The molecule has 0 spiro atoms. The molecule has 0 saturated heterocycles. The summed E-state index contributed by atoms with van der Waals surface area (Å²) in [6.07, 6.45) is -0.381. The molecule has 0 fully saturated rings. The minimum absolute atomic E-state index is 0.381. The van der Waals surface area contributed by atoms with E-state index in [-0.39, 0.29) is 6.17 Å². The molecule has 0 bridgehead atoms. The second-order valence-electron chi connectivity index (χ2n) is 14.5. The third-order valence-electron chi connectivity index (χ3n) is 11.3. The molecule has 12 rings (SSSR count). The van der Waals surface area contributed by atoms with Crippen molar-refractivity contribution in [2.75, 3.05) is 0 Å². The second-order valence-corrected chi connectivity index (χ2v) is 14.5. The van der Waals surface area contributed by atoms with Crippen LogP contribution >= 0.6 is 0 Å². The number of para-hydroxylation sites is 6. The molecule has 1 aliphatic rings. The number of hydrogen-bond donors (Lipinski definition) is 1. The number of rotatable bonds is 5. The highest BCUT2D eigenvalue weighted by atomic mass is 16.3. The Morgan fingerprint density at radius 1 is 0.456 bits per heavy atom. The van der Waals surface area contributed by atoms with E-state index < -0.39 is 0 Å². The molecule has 0 amide bonds. The minimum atomic E-state index is -0.381. The van der Waals surface area contributed by atoms with Crippen molar-refractivity contribution in [1.82, 2.24) is 9.88 Å². The van der Waals surface area contributed by atoms with Gasteiger partial charge in [-0.3, -0.25) is 0 Å². The number of fused-ring (bicyclic) bond motifs is 9. The van der Waals surface area contributed by atoms with E-state index >= 15 is 0 Å². The molecule has 1 atom stereocenters. The fourth-order valence-electron chi connectivity index (χ4n) is 8.66. The molecule has 0 aliphatic carbocycles. The van der Waals surface area contributed by atoms with Crippen LogP contribution in [0.25, 0.3) is 82.5 Å². The lowest BCUT2D eigenvalue weighted by atomic mass is 10.00. The summed E-state index contributed by atoms with van der Waals surface area (Å²) >= 11 is 0. The van der Waals surface area contributed by atoms with Crippen LogP contribution in [0.1, 0.15) is 22.9 Å². The maximum Gasteiger partial charge on any atom is 0.163 e. The van der Waals surface area contributed by atoms with Gasteiger partial charge in [-0.25, -0.2) is 9.98 Å². The van der Waals surface area contributed by atoms with Gasteiger partial charge in [0.2, 0.25) is 0 Å². The molecule has 8 aromatic carbocycles. The van der Waals surface area contributed by atoms with E-state index in [0.29, 0.717) is 11.7 Å². The zero-order valence-electron chi connectivity index (χ0n) is 30.6. The summed E-state index contributed by atoms with van der Waals surface area (Å²) in [5, 5.41) is 10.2. The standard InChI is InChI=1S/C51H32N4O2/c1-3-14-31(15-4-1)49-52-50(40-24-12-21-37-36-19-8-10-27-45(36)56-47(37)40)54-51(53-49)41-25-13-23-39-38-22-11-20-34(46(38)57-48(39)41)32-28-29-44-42(30-32)35-18-7-9-26-43(35)55(44)33-16-5-2-6-17-33/h1-30,49H,(H,52,53,54). The van der Waals surface area contributed by atoms with Crippen LogP contribution in [0.15, 0.2) is 201 Å². The Balaban J connectivity index is 1.03. The summed E-state index contributed by atoms with van der Waals surface area (Å²) in [6.45, 7) is 0. The van der Waals surface area contributed by atoms with Gasteiger partial charge in [0.05, 0.1) is 22.2 Å². The molecular formula is C51H32N4O2. The van der Waals surface area contributed by atoms with Crippen molar-refractivity contribution in [1.29, 1.82) is 0 Å². The van der Waals surface area contributed by atoms with Gasteiger partial charge in [0.15, 0.2) is 5.84 Å². The number of nitrogens with zero attached hydrogens (tertiary/aromatic N) is 3. The van der Waals surface area contributed by atoms with Crippen molar-refractivity contribution in [2.45, 2.75) is 6.17 Å². The third kappa shape index (κ3) is 4.90. The zero-order chi connectivity index (χ0) is 37.5. The van der Waals surface area contributed by atoms with Crippen LogP contribution in [0.2, 0.25) is 0 Å². The van der Waals surface area contributed by atoms with Gasteiger partial charge < -0.3 is 18.7 Å². The van der Waals surface area contributed by atoms with Crippen molar-refractivity contribution in [3.63, 3.8) is 0 Å². The van der Waals surface area contributed by atoms with Crippen molar-refractivity contribution in [3.8, 4) is 16.8 Å². The van der Waals surface area contributed by atoms with Crippen LogP contribution < -0.4 is 5.32 Å². The lowest BCUT2D eigenvalue weighted by molar-refractivity contribution is 0.658. The molecule has 1 aliphatic heterocycles. The number of nitrogens with one attached hydrogen (secondary N) is 1. The van der Waals surface area contributed by atoms with Crippen LogP contribution in [0, 0.1) is 0 Å². The van der Waals surface area contributed by atoms with Gasteiger partial charge in [0, 0.05) is 43.6 Å². The predicted octanol–water partition coefficient (Wildman–Crippen LogP) is 12.7. The minimum Gasteiger partial charge on any atom is -0.455 e. The smallest absolute Gasteiger partial charge is 0.163 e. The van der Waals surface area contributed by atoms with Crippen molar-refractivity contribution < 1.29 is 8.83 Å². The molecule has 0 radical (unpaired) electrons. The van der Waals surface area contributed by atoms with Gasteiger partial charge in [-0.15, -0.1) is 0 Å². The monoisotopic (exact) mass is 732 g/mol. The van der Waals surface area contributed by atoms with Crippen LogP contribution in [-0.4, -0.2) is 16.2 Å². The fourth-order valence-corrected chi connectivity index (χ4v) is 8.66.